The van der Waals surface area contributed by atoms with Crippen molar-refractivity contribution in [3.05, 3.63) is 41.6 Å². The number of anilines is 2. The molecule has 5 heteroatoms. The molecule has 4 N–H and O–H groups in total. The third kappa shape index (κ3) is 2.93. The Morgan fingerprint density at radius 1 is 1.26 bits per heavy atom. The summed E-state index contributed by atoms with van der Waals surface area (Å²) in [6.45, 7) is 6.40. The number of hydrogen-bond acceptors (Lipinski definition) is 3. The summed E-state index contributed by atoms with van der Waals surface area (Å²) in [5.41, 5.74) is 7.90. The lowest BCUT2D eigenvalue weighted by Gasteiger charge is -2.19. The van der Waals surface area contributed by atoms with Crippen molar-refractivity contribution in [1.82, 2.24) is 10.2 Å². The van der Waals surface area contributed by atoms with Gasteiger partial charge in [0.05, 0.1) is 11.9 Å². The Labute approximate surface area is 112 Å². The number of amides is 1. The molecule has 100 valence electrons. The second-order valence-corrected chi connectivity index (χ2v) is 5.48. The highest BCUT2D eigenvalue weighted by atomic mass is 16.1. The molecular formula is C14H18N4O. The Balaban J connectivity index is 2.14. The molecular weight excluding hydrogens is 240 g/mol. The van der Waals surface area contributed by atoms with E-state index in [1.54, 1.807) is 0 Å². The fourth-order valence-electron chi connectivity index (χ4n) is 1.70. The summed E-state index contributed by atoms with van der Waals surface area (Å²) in [5, 5.41) is 9.07. The molecule has 1 amide bonds. The Kier molecular flexibility index (Phi) is 3.29. The van der Waals surface area contributed by atoms with E-state index in [1.807, 2.05) is 24.3 Å². The van der Waals surface area contributed by atoms with Crippen molar-refractivity contribution in [3.8, 4) is 0 Å². The molecule has 2 rings (SSSR count). The molecule has 0 aliphatic heterocycles. The lowest BCUT2D eigenvalue weighted by Crippen LogP contribution is -2.15. The molecule has 0 fully saturated rings. The molecule has 5 nitrogen and oxygen atoms in total. The van der Waals surface area contributed by atoms with Gasteiger partial charge in [-0.15, -0.1) is 0 Å². The van der Waals surface area contributed by atoms with Crippen molar-refractivity contribution in [1.29, 1.82) is 0 Å². The number of aromatic amines is 1. The van der Waals surface area contributed by atoms with Crippen molar-refractivity contribution in [2.75, 3.05) is 11.1 Å². The van der Waals surface area contributed by atoms with E-state index in [0.29, 0.717) is 17.1 Å². The van der Waals surface area contributed by atoms with Gasteiger partial charge in [-0.2, -0.15) is 5.10 Å². The number of nitrogen functional groups attached to an aromatic ring is 1. The first-order valence-electron chi connectivity index (χ1n) is 6.08. The fraction of sp³-hybridized carbons (Fsp3) is 0.286. The molecule has 0 bridgehead atoms. The standard InChI is InChI=1S/C14H18N4O/c1-14(2,3)10-6-4-9(5-7-10)13(19)17-12-11(15)8-16-18-12/h4-8H,15H2,1-3H3,(H2,16,17,18,19). The maximum absolute atomic E-state index is 12.0. The maximum atomic E-state index is 12.0. The SMILES string of the molecule is CC(C)(C)c1ccc(C(=O)Nc2[nH]ncc2N)cc1. The molecule has 1 aromatic carbocycles. The molecule has 1 aromatic heterocycles. The summed E-state index contributed by atoms with van der Waals surface area (Å²) < 4.78 is 0. The zero-order valence-corrected chi connectivity index (χ0v) is 11.3. The van der Waals surface area contributed by atoms with E-state index in [-0.39, 0.29) is 11.3 Å². The molecule has 0 spiro atoms. The zero-order valence-electron chi connectivity index (χ0n) is 11.3. The van der Waals surface area contributed by atoms with Gasteiger partial charge in [-0.05, 0) is 23.1 Å². The highest BCUT2D eigenvalue weighted by Gasteiger charge is 2.14. The van der Waals surface area contributed by atoms with Crippen LogP contribution < -0.4 is 11.1 Å². The highest BCUT2D eigenvalue weighted by molar-refractivity contribution is 6.05. The molecule has 0 saturated carbocycles. The predicted octanol–water partition coefficient (Wildman–Crippen LogP) is 2.54. The number of nitrogens with zero attached hydrogens (tertiary/aromatic N) is 1. The number of aromatic nitrogens is 2. The molecule has 0 aliphatic carbocycles. The molecule has 2 aromatic rings. The smallest absolute Gasteiger partial charge is 0.256 e. The van der Waals surface area contributed by atoms with Crippen LogP contribution in [-0.2, 0) is 5.41 Å². The van der Waals surface area contributed by atoms with Crippen molar-refractivity contribution < 1.29 is 4.79 Å². The topological polar surface area (TPSA) is 83.8 Å². The average Bonchev–Trinajstić information content (AvgIpc) is 2.74. The van der Waals surface area contributed by atoms with Crippen LogP contribution in [0.1, 0.15) is 36.7 Å². The van der Waals surface area contributed by atoms with Crippen molar-refractivity contribution in [2.24, 2.45) is 0 Å². The Hall–Kier alpha value is -2.30. The van der Waals surface area contributed by atoms with Gasteiger partial charge in [0, 0.05) is 5.56 Å². The van der Waals surface area contributed by atoms with Crippen LogP contribution in [0.2, 0.25) is 0 Å². The van der Waals surface area contributed by atoms with E-state index in [0.717, 1.165) is 0 Å². The van der Waals surface area contributed by atoms with Gasteiger partial charge in [0.15, 0.2) is 5.82 Å². The van der Waals surface area contributed by atoms with E-state index in [2.05, 4.69) is 36.3 Å². The van der Waals surface area contributed by atoms with Gasteiger partial charge in [-0.3, -0.25) is 9.89 Å². The summed E-state index contributed by atoms with van der Waals surface area (Å²) in [6, 6.07) is 7.54. The van der Waals surface area contributed by atoms with Crippen LogP contribution in [0.15, 0.2) is 30.5 Å². The average molecular weight is 258 g/mol. The van der Waals surface area contributed by atoms with Crippen LogP contribution in [0, 0.1) is 0 Å². The largest absolute Gasteiger partial charge is 0.394 e. The monoisotopic (exact) mass is 258 g/mol. The quantitative estimate of drug-likeness (QED) is 0.774. The first-order valence-corrected chi connectivity index (χ1v) is 6.08. The molecule has 0 radical (unpaired) electrons. The van der Waals surface area contributed by atoms with Gasteiger partial charge in [0.2, 0.25) is 0 Å². The van der Waals surface area contributed by atoms with Crippen LogP contribution in [0.25, 0.3) is 0 Å². The number of carbonyl (C=O) groups excluding carboxylic acids is 1. The number of nitrogens with one attached hydrogen (secondary N) is 2. The Morgan fingerprint density at radius 2 is 1.89 bits per heavy atom. The Morgan fingerprint density at radius 3 is 2.37 bits per heavy atom. The minimum Gasteiger partial charge on any atom is -0.394 e. The van der Waals surface area contributed by atoms with Gasteiger partial charge in [-0.25, -0.2) is 0 Å². The first-order chi connectivity index (χ1) is 8.88. The molecule has 19 heavy (non-hydrogen) atoms. The van der Waals surface area contributed by atoms with E-state index in [4.69, 9.17) is 5.73 Å². The fourth-order valence-corrected chi connectivity index (χ4v) is 1.70. The first kappa shape index (κ1) is 13.1. The lowest BCUT2D eigenvalue weighted by atomic mass is 9.87. The van der Waals surface area contributed by atoms with Crippen LogP contribution >= 0.6 is 0 Å². The van der Waals surface area contributed by atoms with Crippen LogP contribution in [0.3, 0.4) is 0 Å². The van der Waals surface area contributed by atoms with Crippen LogP contribution in [0.4, 0.5) is 11.5 Å². The molecule has 1 heterocycles. The van der Waals surface area contributed by atoms with Crippen LogP contribution in [0.5, 0.6) is 0 Å². The van der Waals surface area contributed by atoms with Gasteiger partial charge < -0.3 is 11.1 Å². The van der Waals surface area contributed by atoms with E-state index >= 15 is 0 Å². The van der Waals surface area contributed by atoms with E-state index < -0.39 is 0 Å². The number of carbonyl (C=O) groups is 1. The Bertz CT molecular complexity index is 578. The second kappa shape index (κ2) is 4.76. The van der Waals surface area contributed by atoms with Crippen molar-refractivity contribution >= 4 is 17.4 Å². The van der Waals surface area contributed by atoms with E-state index in [1.165, 1.54) is 11.8 Å². The van der Waals surface area contributed by atoms with Gasteiger partial charge in [0.1, 0.15) is 0 Å². The molecule has 0 atom stereocenters. The van der Waals surface area contributed by atoms with Gasteiger partial charge >= 0.3 is 0 Å². The maximum Gasteiger partial charge on any atom is 0.256 e. The van der Waals surface area contributed by atoms with Crippen LogP contribution in [-0.4, -0.2) is 16.1 Å². The van der Waals surface area contributed by atoms with Crippen molar-refractivity contribution in [3.63, 3.8) is 0 Å². The number of rotatable bonds is 2. The lowest BCUT2D eigenvalue weighted by molar-refractivity contribution is 0.102. The zero-order chi connectivity index (χ0) is 14.0. The summed E-state index contributed by atoms with van der Waals surface area (Å²) in [5.74, 6) is 0.210. The van der Waals surface area contributed by atoms with Gasteiger partial charge in [-0.1, -0.05) is 32.9 Å². The molecule has 0 unspecified atom stereocenters. The summed E-state index contributed by atoms with van der Waals surface area (Å²) in [7, 11) is 0. The predicted molar refractivity (Wildman–Crippen MR) is 76.1 cm³/mol. The van der Waals surface area contributed by atoms with Crippen molar-refractivity contribution in [2.45, 2.75) is 26.2 Å². The molecule has 0 saturated heterocycles. The summed E-state index contributed by atoms with van der Waals surface area (Å²) in [6.07, 6.45) is 1.46. The number of benzene rings is 1. The molecule has 0 aliphatic rings. The normalized spacial score (nSPS) is 11.3. The number of nitrogens with two attached hydrogens (primary N) is 1. The highest BCUT2D eigenvalue weighted by Crippen LogP contribution is 2.22. The minimum absolute atomic E-state index is 0.0722. The number of H-pyrrole nitrogens is 1. The number of hydrogen-bond donors (Lipinski definition) is 3. The minimum atomic E-state index is -0.212. The second-order valence-electron chi connectivity index (χ2n) is 5.48. The third-order valence-electron chi connectivity index (χ3n) is 2.92. The summed E-state index contributed by atoms with van der Waals surface area (Å²) >= 11 is 0. The summed E-state index contributed by atoms with van der Waals surface area (Å²) in [4.78, 5) is 12.0. The van der Waals surface area contributed by atoms with E-state index in [9.17, 15) is 4.79 Å². The van der Waals surface area contributed by atoms with Gasteiger partial charge in [0.25, 0.3) is 5.91 Å². The third-order valence-corrected chi connectivity index (χ3v) is 2.92.